The monoisotopic (exact) mass is 207 g/mol. The first-order valence-corrected chi connectivity index (χ1v) is 4.94. The van der Waals surface area contributed by atoms with Crippen molar-refractivity contribution in [3.8, 4) is 0 Å². The topological polar surface area (TPSA) is 72.3 Å². The average Bonchev–Trinajstić information content (AvgIpc) is 2.57. The molecule has 4 heteroatoms. The maximum absolute atomic E-state index is 10.5. The molecule has 0 atom stereocenters. The number of nitrogens with two attached hydrogens (primary N) is 2. The third-order valence-electron chi connectivity index (χ3n) is 2.25. The van der Waals surface area contributed by atoms with Crippen molar-refractivity contribution in [2.75, 3.05) is 25.1 Å². The molecule has 4 N–H and O–H groups in total. The van der Waals surface area contributed by atoms with E-state index in [2.05, 4.69) is 0 Å². The van der Waals surface area contributed by atoms with Gasteiger partial charge in [0.05, 0.1) is 0 Å². The fourth-order valence-electron chi connectivity index (χ4n) is 1.28. The van der Waals surface area contributed by atoms with Crippen LogP contribution in [-0.4, -0.2) is 24.4 Å². The summed E-state index contributed by atoms with van der Waals surface area (Å²) in [6.45, 7) is 0.957. The largest absolute Gasteiger partial charge is 0.399 e. The summed E-state index contributed by atoms with van der Waals surface area (Å²) < 4.78 is 0. The number of nitrogens with zero attached hydrogens (tertiary/aromatic N) is 1. The van der Waals surface area contributed by atoms with Gasteiger partial charge in [0.1, 0.15) is 0 Å². The highest BCUT2D eigenvalue weighted by molar-refractivity contribution is 5.77. The minimum Gasteiger partial charge on any atom is -0.399 e. The summed E-state index contributed by atoms with van der Waals surface area (Å²) in [6.07, 6.45) is 1.81. The second kappa shape index (κ2) is 5.24. The number of carbonyl (C=O) groups excluding carboxylic acids is 1. The van der Waals surface area contributed by atoms with Crippen molar-refractivity contribution in [3.05, 3.63) is 24.3 Å². The third kappa shape index (κ3) is 3.89. The number of nitrogen functional groups attached to an aromatic ring is 2. The predicted molar refractivity (Wildman–Crippen MR) is 62.1 cm³/mol. The van der Waals surface area contributed by atoms with Crippen LogP contribution in [-0.2, 0) is 4.79 Å². The van der Waals surface area contributed by atoms with Crippen LogP contribution >= 0.6 is 0 Å². The lowest BCUT2D eigenvalue weighted by atomic mass is 10.3. The van der Waals surface area contributed by atoms with E-state index < -0.39 is 0 Å². The Labute approximate surface area is 89.9 Å². The maximum atomic E-state index is 10.5. The number of rotatable bonds is 0. The van der Waals surface area contributed by atoms with Gasteiger partial charge in [-0.25, -0.2) is 0 Å². The van der Waals surface area contributed by atoms with E-state index >= 15 is 0 Å². The molecule has 15 heavy (non-hydrogen) atoms. The van der Waals surface area contributed by atoms with Crippen LogP contribution in [0.4, 0.5) is 11.4 Å². The Hall–Kier alpha value is -1.71. The Bertz CT molecular complexity index is 300. The zero-order valence-electron chi connectivity index (χ0n) is 8.94. The SMILES string of the molecule is CN1CCCC1=O.Nc1ccc(N)cc1. The fourth-order valence-corrected chi connectivity index (χ4v) is 1.28. The van der Waals surface area contributed by atoms with Gasteiger partial charge in [-0.15, -0.1) is 0 Å². The molecule has 1 amide bonds. The van der Waals surface area contributed by atoms with Crippen LogP contribution in [0.3, 0.4) is 0 Å². The smallest absolute Gasteiger partial charge is 0.222 e. The minimum atomic E-state index is 0.292. The number of hydrogen-bond donors (Lipinski definition) is 2. The Morgan fingerprint density at radius 2 is 1.60 bits per heavy atom. The summed E-state index contributed by atoms with van der Waals surface area (Å²) in [5.41, 5.74) is 12.2. The van der Waals surface area contributed by atoms with Gasteiger partial charge in [0.15, 0.2) is 0 Å². The van der Waals surface area contributed by atoms with Gasteiger partial charge in [0.2, 0.25) is 5.91 Å². The summed E-state index contributed by atoms with van der Waals surface area (Å²) in [5, 5.41) is 0. The van der Waals surface area contributed by atoms with Crippen LogP contribution < -0.4 is 11.5 Å². The Morgan fingerprint density at radius 3 is 1.80 bits per heavy atom. The van der Waals surface area contributed by atoms with E-state index in [-0.39, 0.29) is 0 Å². The van der Waals surface area contributed by atoms with Gasteiger partial charge >= 0.3 is 0 Å². The molecule has 0 radical (unpaired) electrons. The van der Waals surface area contributed by atoms with E-state index in [9.17, 15) is 4.79 Å². The number of benzene rings is 1. The highest BCUT2D eigenvalue weighted by Crippen LogP contribution is 2.05. The second-order valence-corrected chi connectivity index (χ2v) is 3.59. The molecule has 1 fully saturated rings. The molecule has 82 valence electrons. The van der Waals surface area contributed by atoms with Crippen LogP contribution in [0.1, 0.15) is 12.8 Å². The lowest BCUT2D eigenvalue weighted by molar-refractivity contribution is -0.126. The number of amides is 1. The van der Waals surface area contributed by atoms with Gasteiger partial charge < -0.3 is 16.4 Å². The van der Waals surface area contributed by atoms with E-state index in [4.69, 9.17) is 11.5 Å². The highest BCUT2D eigenvalue weighted by atomic mass is 16.2. The van der Waals surface area contributed by atoms with Gasteiger partial charge in [-0.05, 0) is 30.7 Å². The zero-order valence-corrected chi connectivity index (χ0v) is 8.94. The maximum Gasteiger partial charge on any atom is 0.222 e. The highest BCUT2D eigenvalue weighted by Gasteiger charge is 2.14. The molecule has 4 nitrogen and oxygen atoms in total. The van der Waals surface area contributed by atoms with Crippen molar-refractivity contribution in [2.45, 2.75) is 12.8 Å². The summed E-state index contributed by atoms with van der Waals surface area (Å²) in [7, 11) is 1.84. The lowest BCUT2D eigenvalue weighted by Gasteiger charge is -2.03. The van der Waals surface area contributed by atoms with Crippen molar-refractivity contribution in [1.29, 1.82) is 0 Å². The summed E-state index contributed by atoms with van der Waals surface area (Å²) in [5.74, 6) is 0.292. The van der Waals surface area contributed by atoms with Crippen LogP contribution in [0.2, 0.25) is 0 Å². The molecule has 1 aromatic rings. The first-order chi connectivity index (χ1) is 7.09. The first-order valence-electron chi connectivity index (χ1n) is 4.94. The molecule has 2 rings (SSSR count). The predicted octanol–water partition coefficient (Wildman–Crippen LogP) is 1.09. The Kier molecular flexibility index (Phi) is 3.97. The van der Waals surface area contributed by atoms with Gasteiger partial charge in [-0.2, -0.15) is 0 Å². The van der Waals surface area contributed by atoms with Gasteiger partial charge in [0, 0.05) is 31.4 Å². The molecule has 1 aromatic carbocycles. The molecule has 1 saturated heterocycles. The molecule has 0 aliphatic carbocycles. The van der Waals surface area contributed by atoms with Gasteiger partial charge in [-0.1, -0.05) is 0 Å². The third-order valence-corrected chi connectivity index (χ3v) is 2.25. The molecular weight excluding hydrogens is 190 g/mol. The van der Waals surface area contributed by atoms with Crippen molar-refractivity contribution in [1.82, 2.24) is 4.90 Å². The Balaban J connectivity index is 0.000000151. The number of anilines is 2. The lowest BCUT2D eigenvalue weighted by Crippen LogP contribution is -2.17. The summed E-state index contributed by atoms with van der Waals surface area (Å²) >= 11 is 0. The second-order valence-electron chi connectivity index (χ2n) is 3.59. The molecule has 1 aliphatic rings. The fraction of sp³-hybridized carbons (Fsp3) is 0.364. The molecule has 0 bridgehead atoms. The standard InChI is InChI=1S/C6H8N2.C5H9NO/c7-5-1-2-6(8)4-3-5;1-6-4-2-3-5(6)7/h1-4H,7-8H2;2-4H2,1H3. The van der Waals surface area contributed by atoms with E-state index in [1.807, 2.05) is 7.05 Å². The molecule has 0 saturated carbocycles. The molecule has 1 heterocycles. The van der Waals surface area contributed by atoms with E-state index in [0.29, 0.717) is 5.91 Å². The average molecular weight is 207 g/mol. The van der Waals surface area contributed by atoms with Crippen molar-refractivity contribution in [3.63, 3.8) is 0 Å². The first kappa shape index (κ1) is 11.4. The number of likely N-dealkylation sites (tertiary alicyclic amines) is 1. The quantitative estimate of drug-likeness (QED) is 0.625. The van der Waals surface area contributed by atoms with E-state index in [0.717, 1.165) is 30.8 Å². The van der Waals surface area contributed by atoms with E-state index in [1.165, 1.54) is 0 Å². The van der Waals surface area contributed by atoms with Crippen molar-refractivity contribution >= 4 is 17.3 Å². The van der Waals surface area contributed by atoms with Crippen LogP contribution in [0.5, 0.6) is 0 Å². The van der Waals surface area contributed by atoms with Crippen molar-refractivity contribution in [2.24, 2.45) is 0 Å². The number of hydrogen-bond acceptors (Lipinski definition) is 3. The van der Waals surface area contributed by atoms with Crippen LogP contribution in [0.15, 0.2) is 24.3 Å². The Morgan fingerprint density at radius 1 is 1.13 bits per heavy atom. The minimum absolute atomic E-state index is 0.292. The molecular formula is C11H17N3O. The van der Waals surface area contributed by atoms with E-state index in [1.54, 1.807) is 29.2 Å². The molecule has 0 spiro atoms. The molecule has 1 aliphatic heterocycles. The van der Waals surface area contributed by atoms with Crippen LogP contribution in [0, 0.1) is 0 Å². The van der Waals surface area contributed by atoms with Crippen LogP contribution in [0.25, 0.3) is 0 Å². The summed E-state index contributed by atoms with van der Waals surface area (Å²) in [4.78, 5) is 12.3. The van der Waals surface area contributed by atoms with Gasteiger partial charge in [0.25, 0.3) is 0 Å². The summed E-state index contributed by atoms with van der Waals surface area (Å²) in [6, 6.07) is 7.09. The number of carbonyl (C=O) groups is 1. The van der Waals surface area contributed by atoms with Crippen molar-refractivity contribution < 1.29 is 4.79 Å². The molecule has 0 unspecified atom stereocenters. The normalized spacial score (nSPS) is 14.7. The van der Waals surface area contributed by atoms with Gasteiger partial charge in [-0.3, -0.25) is 4.79 Å². The molecule has 0 aromatic heterocycles. The zero-order chi connectivity index (χ0) is 11.3.